The Morgan fingerprint density at radius 1 is 1.33 bits per heavy atom. The molecular weight excluding hydrogens is 186 g/mol. The van der Waals surface area contributed by atoms with Crippen molar-refractivity contribution in [3.05, 3.63) is 12.2 Å². The molecule has 2 N–H and O–H groups in total. The predicted octanol–water partition coefficient (Wildman–Crippen LogP) is 2.06. The summed E-state index contributed by atoms with van der Waals surface area (Å²) in [5.74, 6) is 0.972. The summed E-state index contributed by atoms with van der Waals surface area (Å²) in [6.07, 6.45) is 9.07. The Labute approximate surface area is 93.1 Å². The lowest BCUT2D eigenvalue weighted by Gasteiger charge is -2.16. The van der Waals surface area contributed by atoms with Crippen molar-refractivity contribution < 1.29 is 0 Å². The van der Waals surface area contributed by atoms with E-state index >= 15 is 0 Å². The fourth-order valence-electron chi connectivity index (χ4n) is 1.60. The molecule has 0 aromatic carbocycles. The monoisotopic (exact) mass is 209 g/mol. The maximum Gasteiger partial charge on any atom is 0.191 e. The first-order valence-corrected chi connectivity index (χ1v) is 6.06. The van der Waals surface area contributed by atoms with Crippen molar-refractivity contribution in [2.75, 3.05) is 13.1 Å². The van der Waals surface area contributed by atoms with Crippen molar-refractivity contribution >= 4 is 5.96 Å². The number of aliphatic imine (C=N–C) groups is 1. The molecule has 0 aromatic rings. The van der Waals surface area contributed by atoms with Crippen molar-refractivity contribution in [1.82, 2.24) is 10.6 Å². The van der Waals surface area contributed by atoms with Crippen LogP contribution in [0, 0.1) is 0 Å². The molecule has 0 saturated heterocycles. The number of hydrogen-bond donors (Lipinski definition) is 2. The van der Waals surface area contributed by atoms with Gasteiger partial charge in [-0.25, -0.2) is 0 Å². The second-order valence-electron chi connectivity index (χ2n) is 3.90. The maximum absolute atomic E-state index is 4.53. The molecule has 0 fully saturated rings. The quantitative estimate of drug-likeness (QED) is 0.315. The van der Waals surface area contributed by atoms with E-state index in [0.717, 1.165) is 31.9 Å². The summed E-state index contributed by atoms with van der Waals surface area (Å²) in [7, 11) is 0. The van der Waals surface area contributed by atoms with E-state index in [1.54, 1.807) is 0 Å². The van der Waals surface area contributed by atoms with E-state index < -0.39 is 0 Å². The molecule has 0 heterocycles. The number of unbranched alkanes of at least 4 members (excludes halogenated alkanes) is 1. The van der Waals surface area contributed by atoms with Crippen LogP contribution in [0.15, 0.2) is 17.1 Å². The third kappa shape index (κ3) is 4.86. The van der Waals surface area contributed by atoms with E-state index in [4.69, 9.17) is 0 Å². The van der Waals surface area contributed by atoms with Crippen molar-refractivity contribution in [3.8, 4) is 0 Å². The zero-order valence-corrected chi connectivity index (χ0v) is 9.92. The Morgan fingerprint density at radius 3 is 2.67 bits per heavy atom. The summed E-state index contributed by atoms with van der Waals surface area (Å²) in [6.45, 7) is 6.14. The number of nitrogens with one attached hydrogen (secondary N) is 2. The Morgan fingerprint density at radius 2 is 2.07 bits per heavy atom. The van der Waals surface area contributed by atoms with E-state index in [2.05, 4.69) is 41.6 Å². The SMILES string of the molecule is CCCCN=C(NCC)NC1CC=CC1. The molecule has 0 amide bonds. The van der Waals surface area contributed by atoms with Gasteiger partial charge in [0.2, 0.25) is 0 Å². The fourth-order valence-corrected chi connectivity index (χ4v) is 1.60. The van der Waals surface area contributed by atoms with Crippen LogP contribution < -0.4 is 10.6 Å². The van der Waals surface area contributed by atoms with Crippen LogP contribution in [-0.2, 0) is 0 Å². The Kier molecular flexibility index (Phi) is 5.90. The second-order valence-corrected chi connectivity index (χ2v) is 3.90. The molecule has 1 aliphatic rings. The molecule has 0 radical (unpaired) electrons. The summed E-state index contributed by atoms with van der Waals surface area (Å²) < 4.78 is 0. The van der Waals surface area contributed by atoms with Gasteiger partial charge in [0.05, 0.1) is 0 Å². The Balaban J connectivity index is 2.31. The van der Waals surface area contributed by atoms with Crippen LogP contribution in [-0.4, -0.2) is 25.1 Å². The molecule has 0 atom stereocenters. The third-order valence-electron chi connectivity index (χ3n) is 2.47. The van der Waals surface area contributed by atoms with Crippen LogP contribution in [0.2, 0.25) is 0 Å². The van der Waals surface area contributed by atoms with Gasteiger partial charge in [-0.2, -0.15) is 0 Å². The number of rotatable bonds is 5. The summed E-state index contributed by atoms with van der Waals surface area (Å²) in [5.41, 5.74) is 0. The molecule has 0 aromatic heterocycles. The smallest absolute Gasteiger partial charge is 0.191 e. The molecule has 1 rings (SSSR count). The Hall–Kier alpha value is -0.990. The highest BCUT2D eigenvalue weighted by molar-refractivity contribution is 5.80. The molecule has 3 nitrogen and oxygen atoms in total. The van der Waals surface area contributed by atoms with Gasteiger partial charge in [-0.3, -0.25) is 4.99 Å². The van der Waals surface area contributed by atoms with Gasteiger partial charge in [0.25, 0.3) is 0 Å². The van der Waals surface area contributed by atoms with Gasteiger partial charge in [0.1, 0.15) is 0 Å². The van der Waals surface area contributed by atoms with Gasteiger partial charge in [0, 0.05) is 19.1 Å². The van der Waals surface area contributed by atoms with Crippen molar-refractivity contribution in [2.24, 2.45) is 4.99 Å². The van der Waals surface area contributed by atoms with Crippen LogP contribution in [0.5, 0.6) is 0 Å². The summed E-state index contributed by atoms with van der Waals surface area (Å²) in [5, 5.41) is 6.73. The normalized spacial score (nSPS) is 17.1. The highest BCUT2D eigenvalue weighted by Crippen LogP contribution is 2.08. The molecule has 3 heteroatoms. The van der Waals surface area contributed by atoms with Crippen molar-refractivity contribution in [3.63, 3.8) is 0 Å². The molecule has 0 aliphatic heterocycles. The average Bonchev–Trinajstić information content (AvgIpc) is 2.71. The lowest BCUT2D eigenvalue weighted by molar-refractivity contribution is 0.632. The van der Waals surface area contributed by atoms with Crippen molar-refractivity contribution in [2.45, 2.75) is 45.6 Å². The molecule has 1 aliphatic carbocycles. The van der Waals surface area contributed by atoms with Gasteiger partial charge < -0.3 is 10.6 Å². The number of nitrogens with zero attached hydrogens (tertiary/aromatic N) is 1. The third-order valence-corrected chi connectivity index (χ3v) is 2.47. The van der Waals surface area contributed by atoms with E-state index in [-0.39, 0.29) is 0 Å². The van der Waals surface area contributed by atoms with E-state index in [0.29, 0.717) is 6.04 Å². The zero-order chi connectivity index (χ0) is 10.9. The van der Waals surface area contributed by atoms with Gasteiger partial charge in [-0.1, -0.05) is 25.5 Å². The second kappa shape index (κ2) is 7.32. The summed E-state index contributed by atoms with van der Waals surface area (Å²) >= 11 is 0. The van der Waals surface area contributed by atoms with Gasteiger partial charge in [-0.05, 0) is 26.2 Å². The molecule has 0 spiro atoms. The molecule has 86 valence electrons. The van der Waals surface area contributed by atoms with Crippen molar-refractivity contribution in [1.29, 1.82) is 0 Å². The fraction of sp³-hybridized carbons (Fsp3) is 0.750. The minimum Gasteiger partial charge on any atom is -0.357 e. The summed E-state index contributed by atoms with van der Waals surface area (Å²) in [6, 6.07) is 0.546. The minimum atomic E-state index is 0.546. The van der Waals surface area contributed by atoms with Crippen LogP contribution in [0.4, 0.5) is 0 Å². The highest BCUT2D eigenvalue weighted by atomic mass is 15.2. The Bertz CT molecular complexity index is 213. The minimum absolute atomic E-state index is 0.546. The molecule has 0 bridgehead atoms. The molecule has 0 saturated carbocycles. The standard InChI is InChI=1S/C12H23N3/c1-3-5-10-14-12(13-4-2)15-11-8-6-7-9-11/h6-7,11H,3-5,8-10H2,1-2H3,(H2,13,14,15). The van der Waals surface area contributed by atoms with Gasteiger partial charge >= 0.3 is 0 Å². The lowest BCUT2D eigenvalue weighted by Crippen LogP contribution is -2.42. The maximum atomic E-state index is 4.53. The zero-order valence-electron chi connectivity index (χ0n) is 9.92. The van der Waals surface area contributed by atoms with E-state index in [1.807, 2.05) is 0 Å². The highest BCUT2D eigenvalue weighted by Gasteiger charge is 2.10. The summed E-state index contributed by atoms with van der Waals surface area (Å²) in [4.78, 5) is 4.53. The van der Waals surface area contributed by atoms with Gasteiger partial charge in [-0.15, -0.1) is 0 Å². The van der Waals surface area contributed by atoms with Crippen LogP contribution in [0.1, 0.15) is 39.5 Å². The van der Waals surface area contributed by atoms with Gasteiger partial charge in [0.15, 0.2) is 5.96 Å². The van der Waals surface area contributed by atoms with Crippen LogP contribution in [0.25, 0.3) is 0 Å². The predicted molar refractivity (Wildman–Crippen MR) is 66.2 cm³/mol. The number of hydrogen-bond acceptors (Lipinski definition) is 1. The first-order valence-electron chi connectivity index (χ1n) is 6.06. The van der Waals surface area contributed by atoms with E-state index in [1.165, 1.54) is 12.8 Å². The topological polar surface area (TPSA) is 36.4 Å². The first-order chi connectivity index (χ1) is 7.36. The average molecular weight is 209 g/mol. The molecular formula is C12H23N3. The van der Waals surface area contributed by atoms with E-state index in [9.17, 15) is 0 Å². The largest absolute Gasteiger partial charge is 0.357 e. The van der Waals surface area contributed by atoms with Crippen LogP contribution >= 0.6 is 0 Å². The molecule has 15 heavy (non-hydrogen) atoms. The first kappa shape index (κ1) is 12.1. The van der Waals surface area contributed by atoms with Crippen LogP contribution in [0.3, 0.4) is 0 Å². The molecule has 0 unspecified atom stereocenters. The lowest BCUT2D eigenvalue weighted by atomic mass is 10.2. The number of guanidine groups is 1.